The summed E-state index contributed by atoms with van der Waals surface area (Å²) in [5.74, 6) is -0.363. The van der Waals surface area contributed by atoms with Gasteiger partial charge in [0.05, 0.1) is 13.0 Å². The summed E-state index contributed by atoms with van der Waals surface area (Å²) >= 11 is 0. The number of hydrogen-bond donors (Lipinski definition) is 0. The molecule has 0 fully saturated rings. The van der Waals surface area contributed by atoms with Crippen LogP contribution in [0.25, 0.3) is 0 Å². The Morgan fingerprint density at radius 2 is 2.30 bits per heavy atom. The Morgan fingerprint density at radius 1 is 1.60 bits per heavy atom. The number of hydrogen-bond acceptors (Lipinski definition) is 4. The van der Waals surface area contributed by atoms with Crippen molar-refractivity contribution < 1.29 is 19.1 Å². The molecule has 0 N–H and O–H groups in total. The normalized spacial score (nSPS) is 8.50. The lowest BCUT2D eigenvalue weighted by Crippen LogP contribution is -2.07. The van der Waals surface area contributed by atoms with Gasteiger partial charge in [-0.25, -0.2) is 4.79 Å². The fraction of sp³-hybridized carbons (Fsp3) is 0.667. The quantitative estimate of drug-likeness (QED) is 0.404. The van der Waals surface area contributed by atoms with Crippen molar-refractivity contribution in [3.05, 3.63) is 0 Å². The van der Waals surface area contributed by atoms with Gasteiger partial charge in [0.1, 0.15) is 6.61 Å². The van der Waals surface area contributed by atoms with Gasteiger partial charge in [-0.3, -0.25) is 4.79 Å². The van der Waals surface area contributed by atoms with Crippen molar-refractivity contribution in [2.24, 2.45) is 0 Å². The van der Waals surface area contributed by atoms with E-state index in [1.165, 1.54) is 6.47 Å². The monoisotopic (exact) mass is 145 g/mol. The fourth-order valence-electron chi connectivity index (χ4n) is 0.409. The van der Waals surface area contributed by atoms with E-state index in [2.05, 4.69) is 9.47 Å². The Morgan fingerprint density at radius 3 is 2.80 bits per heavy atom. The molecule has 0 aromatic rings. The first-order valence-corrected chi connectivity index (χ1v) is 2.95. The predicted octanol–water partition coefficient (Wildman–Crippen LogP) is 0.0234. The van der Waals surface area contributed by atoms with Crippen LogP contribution in [0.2, 0.25) is 0 Å². The van der Waals surface area contributed by atoms with Gasteiger partial charge in [0.15, 0.2) is 0 Å². The van der Waals surface area contributed by atoms with E-state index in [1.54, 1.807) is 6.92 Å². The van der Waals surface area contributed by atoms with Crippen molar-refractivity contribution in [2.45, 2.75) is 13.3 Å². The lowest BCUT2D eigenvalue weighted by atomic mass is 10.5. The average Bonchev–Trinajstić information content (AvgIpc) is 1.89. The molecule has 0 rings (SSSR count). The number of rotatable bonds is 5. The van der Waals surface area contributed by atoms with Crippen molar-refractivity contribution in [1.82, 2.24) is 0 Å². The van der Waals surface area contributed by atoms with Gasteiger partial charge >= 0.3 is 12.4 Å². The van der Waals surface area contributed by atoms with E-state index in [4.69, 9.17) is 0 Å². The molecule has 0 atom stereocenters. The van der Waals surface area contributed by atoms with E-state index >= 15 is 0 Å². The van der Waals surface area contributed by atoms with Crippen LogP contribution >= 0.6 is 0 Å². The standard InChI is InChI=1S/C6H9O4/c1-2-10-6(8)3-4-9-5-7/h2-4H2,1H3. The molecule has 10 heavy (non-hydrogen) atoms. The first kappa shape index (κ1) is 8.94. The zero-order chi connectivity index (χ0) is 7.82. The van der Waals surface area contributed by atoms with Crippen LogP contribution in [0.5, 0.6) is 0 Å². The highest BCUT2D eigenvalue weighted by molar-refractivity contribution is 5.69. The van der Waals surface area contributed by atoms with Crippen molar-refractivity contribution in [1.29, 1.82) is 0 Å². The van der Waals surface area contributed by atoms with Crippen LogP contribution in [-0.2, 0) is 19.1 Å². The van der Waals surface area contributed by atoms with Gasteiger partial charge in [-0.1, -0.05) is 0 Å². The summed E-state index contributed by atoms with van der Waals surface area (Å²) in [6.45, 7) is 3.32. The first-order valence-electron chi connectivity index (χ1n) is 2.95. The van der Waals surface area contributed by atoms with Crippen LogP contribution in [0.4, 0.5) is 0 Å². The summed E-state index contributed by atoms with van der Waals surface area (Å²) < 4.78 is 8.68. The summed E-state index contributed by atoms with van der Waals surface area (Å²) in [5, 5.41) is 0. The molecule has 0 unspecified atom stereocenters. The summed E-state index contributed by atoms with van der Waals surface area (Å²) in [6, 6.07) is 0. The predicted molar refractivity (Wildman–Crippen MR) is 32.9 cm³/mol. The Labute approximate surface area is 59.1 Å². The highest BCUT2D eigenvalue weighted by Gasteiger charge is 1.99. The molecule has 0 aliphatic heterocycles. The number of carbonyl (C=O) groups is 1. The third-order valence-corrected chi connectivity index (χ3v) is 0.772. The van der Waals surface area contributed by atoms with E-state index < -0.39 is 0 Å². The largest absolute Gasteiger partial charge is 0.466 e. The second-order valence-corrected chi connectivity index (χ2v) is 1.49. The molecule has 0 aliphatic carbocycles. The molecule has 0 bridgehead atoms. The van der Waals surface area contributed by atoms with Crippen LogP contribution < -0.4 is 0 Å². The van der Waals surface area contributed by atoms with Crippen LogP contribution in [0.15, 0.2) is 0 Å². The SMILES string of the molecule is CCOC(=O)CCO[C]=O. The molecule has 1 radical (unpaired) electrons. The molecule has 57 valence electrons. The van der Waals surface area contributed by atoms with Crippen molar-refractivity contribution in [3.63, 3.8) is 0 Å². The Hall–Kier alpha value is -1.06. The van der Waals surface area contributed by atoms with Crippen LogP contribution in [0.1, 0.15) is 13.3 Å². The zero-order valence-electron chi connectivity index (χ0n) is 5.75. The highest BCUT2D eigenvalue weighted by atomic mass is 16.5. The van der Waals surface area contributed by atoms with E-state index in [9.17, 15) is 9.59 Å². The van der Waals surface area contributed by atoms with E-state index in [0.717, 1.165) is 0 Å². The topological polar surface area (TPSA) is 52.6 Å². The summed E-state index contributed by atoms with van der Waals surface area (Å²) in [6.07, 6.45) is 0.100. The number of ether oxygens (including phenoxy) is 2. The maximum atomic E-state index is 10.5. The van der Waals surface area contributed by atoms with Gasteiger partial charge < -0.3 is 9.47 Å². The molecule has 0 saturated heterocycles. The lowest BCUT2D eigenvalue weighted by molar-refractivity contribution is -0.143. The molecular formula is C6H9O4. The fourth-order valence-corrected chi connectivity index (χ4v) is 0.409. The second kappa shape index (κ2) is 6.07. The second-order valence-electron chi connectivity index (χ2n) is 1.49. The summed E-state index contributed by atoms with van der Waals surface area (Å²) in [5.41, 5.74) is 0. The molecule has 0 heterocycles. The van der Waals surface area contributed by atoms with E-state index in [1.807, 2.05) is 0 Å². The Kier molecular flexibility index (Phi) is 5.42. The molecule has 0 aromatic carbocycles. The molecule has 0 aromatic heterocycles. The third-order valence-electron chi connectivity index (χ3n) is 0.772. The summed E-state index contributed by atoms with van der Waals surface area (Å²) in [4.78, 5) is 19.9. The first-order chi connectivity index (χ1) is 4.81. The molecule has 0 aliphatic rings. The Balaban J connectivity index is 3.13. The molecular weight excluding hydrogens is 136 g/mol. The number of carbonyl (C=O) groups excluding carboxylic acids is 2. The van der Waals surface area contributed by atoms with Gasteiger partial charge in [0, 0.05) is 0 Å². The average molecular weight is 145 g/mol. The van der Waals surface area contributed by atoms with Crippen molar-refractivity contribution >= 4 is 12.4 Å². The van der Waals surface area contributed by atoms with Gasteiger partial charge in [-0.15, -0.1) is 0 Å². The lowest BCUT2D eigenvalue weighted by Gasteiger charge is -1.98. The van der Waals surface area contributed by atoms with Crippen LogP contribution in [-0.4, -0.2) is 25.7 Å². The minimum atomic E-state index is -0.363. The molecule has 0 spiro atoms. The van der Waals surface area contributed by atoms with Crippen molar-refractivity contribution in [2.75, 3.05) is 13.2 Å². The zero-order valence-corrected chi connectivity index (χ0v) is 5.75. The van der Waals surface area contributed by atoms with E-state index in [-0.39, 0.29) is 19.0 Å². The van der Waals surface area contributed by atoms with Gasteiger partial charge in [0.2, 0.25) is 0 Å². The van der Waals surface area contributed by atoms with Gasteiger partial charge in [0.25, 0.3) is 0 Å². The minimum absolute atomic E-state index is 0.0440. The van der Waals surface area contributed by atoms with Crippen molar-refractivity contribution in [3.8, 4) is 0 Å². The number of esters is 1. The smallest absolute Gasteiger partial charge is 0.417 e. The molecule has 0 amide bonds. The molecule has 0 saturated carbocycles. The highest BCUT2D eigenvalue weighted by Crippen LogP contribution is 1.85. The van der Waals surface area contributed by atoms with Crippen LogP contribution in [0, 0.1) is 0 Å². The maximum absolute atomic E-state index is 10.5. The molecule has 4 nitrogen and oxygen atoms in total. The maximum Gasteiger partial charge on any atom is 0.417 e. The van der Waals surface area contributed by atoms with Gasteiger partial charge in [-0.2, -0.15) is 0 Å². The summed E-state index contributed by atoms with van der Waals surface area (Å²) in [7, 11) is 0. The van der Waals surface area contributed by atoms with Gasteiger partial charge in [-0.05, 0) is 6.92 Å². The van der Waals surface area contributed by atoms with E-state index in [0.29, 0.717) is 6.61 Å². The molecule has 4 heteroatoms. The minimum Gasteiger partial charge on any atom is -0.466 e. The Bertz CT molecular complexity index is 110. The van der Waals surface area contributed by atoms with Crippen LogP contribution in [0.3, 0.4) is 0 Å². The third kappa shape index (κ3) is 5.08.